The number of methoxy groups -OCH3 is 1. The van der Waals surface area contributed by atoms with Crippen molar-refractivity contribution in [3.8, 4) is 5.75 Å². The minimum absolute atomic E-state index is 0. The Hall–Kier alpha value is -4.03. The summed E-state index contributed by atoms with van der Waals surface area (Å²) in [4.78, 5) is 45.7. The van der Waals surface area contributed by atoms with Crippen molar-refractivity contribution < 1.29 is 30.8 Å². The quantitative estimate of drug-likeness (QED) is 0.430. The molecular formula is C26H33FN6O5. The van der Waals surface area contributed by atoms with E-state index in [0.717, 1.165) is 0 Å². The highest BCUT2D eigenvalue weighted by atomic mass is 19.1. The second kappa shape index (κ2) is 10.4. The Morgan fingerprint density at radius 2 is 2.00 bits per heavy atom. The van der Waals surface area contributed by atoms with Crippen molar-refractivity contribution in [2.75, 3.05) is 46.4 Å². The molecule has 1 aromatic carbocycles. The molecule has 0 radical (unpaired) electrons. The maximum Gasteiger partial charge on any atom is 0.322 e. The zero-order chi connectivity index (χ0) is 26.9. The van der Waals surface area contributed by atoms with E-state index in [1.54, 1.807) is 24.4 Å². The number of urea groups is 1. The van der Waals surface area contributed by atoms with Gasteiger partial charge in [0.05, 0.1) is 19.2 Å². The van der Waals surface area contributed by atoms with E-state index in [9.17, 15) is 18.8 Å². The molecule has 5 heterocycles. The number of imide groups is 1. The van der Waals surface area contributed by atoms with Gasteiger partial charge in [-0.25, -0.2) is 9.18 Å². The second-order valence-corrected chi connectivity index (χ2v) is 9.27. The van der Waals surface area contributed by atoms with Crippen LogP contribution < -0.4 is 20.7 Å². The van der Waals surface area contributed by atoms with Gasteiger partial charge < -0.3 is 29.6 Å². The number of likely N-dealkylation sites (N-methyl/N-ethyl adjacent to an activating group) is 1. The summed E-state index contributed by atoms with van der Waals surface area (Å²) in [5.41, 5.74) is -0.402. The summed E-state index contributed by atoms with van der Waals surface area (Å²) in [5.74, 6) is -1.96. The third kappa shape index (κ3) is 4.56. The number of fused-ring (bicyclic) bond motifs is 2. The number of carbonyl (C=O) groups excluding carboxylic acids is 3. The predicted molar refractivity (Wildman–Crippen MR) is 139 cm³/mol. The topological polar surface area (TPSA) is 129 Å². The van der Waals surface area contributed by atoms with Crippen LogP contribution in [-0.2, 0) is 16.9 Å². The van der Waals surface area contributed by atoms with Crippen molar-refractivity contribution in [3.05, 3.63) is 59.2 Å². The van der Waals surface area contributed by atoms with Gasteiger partial charge in [0.1, 0.15) is 11.3 Å². The summed E-state index contributed by atoms with van der Waals surface area (Å²) in [6, 6.07) is 7.21. The maximum absolute atomic E-state index is 14.7. The van der Waals surface area contributed by atoms with Crippen LogP contribution >= 0.6 is 0 Å². The van der Waals surface area contributed by atoms with E-state index in [4.69, 9.17) is 9.15 Å². The fraction of sp³-hybridized carbons (Fsp3) is 0.385. The maximum atomic E-state index is 14.7. The third-order valence-corrected chi connectivity index (χ3v) is 7.01. The van der Waals surface area contributed by atoms with Crippen LogP contribution in [0.3, 0.4) is 0 Å². The molecule has 38 heavy (non-hydrogen) atoms. The first-order valence-electron chi connectivity index (χ1n) is 12.4. The molecule has 204 valence electrons. The summed E-state index contributed by atoms with van der Waals surface area (Å²) < 4.78 is 25.4. The van der Waals surface area contributed by atoms with Gasteiger partial charge in [-0.1, -0.05) is 13.0 Å². The smallest absolute Gasteiger partial charge is 0.322 e. The molecule has 2 saturated heterocycles. The largest absolute Gasteiger partial charge is 0.494 e. The lowest BCUT2D eigenvalue weighted by atomic mass is 9.95. The summed E-state index contributed by atoms with van der Waals surface area (Å²) in [6.45, 7) is 8.06. The van der Waals surface area contributed by atoms with Gasteiger partial charge in [-0.2, -0.15) is 0 Å². The molecule has 0 aliphatic carbocycles. The Balaban J connectivity index is 0.000000383. The average Bonchev–Trinajstić information content (AvgIpc) is 3.59. The number of amides is 4. The van der Waals surface area contributed by atoms with Crippen LogP contribution in [0.15, 0.2) is 40.9 Å². The molecule has 1 atom stereocenters. The van der Waals surface area contributed by atoms with Crippen LogP contribution in [-0.4, -0.2) is 79.0 Å². The molecule has 0 spiro atoms. The van der Waals surface area contributed by atoms with Crippen LogP contribution in [0.4, 0.5) is 9.18 Å². The number of nitrogens with zero attached hydrogens (tertiary/aromatic N) is 3. The Morgan fingerprint density at radius 1 is 1.21 bits per heavy atom. The number of nitrogens with one attached hydrogen (secondary N) is 3. The number of furan rings is 1. The Bertz CT molecular complexity index is 1370. The van der Waals surface area contributed by atoms with Crippen LogP contribution in [0.2, 0.25) is 0 Å². The molecule has 0 unspecified atom stereocenters. The van der Waals surface area contributed by atoms with E-state index in [2.05, 4.69) is 32.8 Å². The van der Waals surface area contributed by atoms with E-state index in [-0.39, 0.29) is 33.0 Å². The van der Waals surface area contributed by atoms with Crippen LogP contribution in [0.25, 0.3) is 11.1 Å². The molecule has 3 aliphatic rings. The third-order valence-electron chi connectivity index (χ3n) is 7.01. The standard InChI is InChI=1S/C20H15FN4O5.C6H14N2.2H2/c1-29-13-5-4-10-8-25(17(26)15(10)16(13)21)9-20(18(27)23-19(28)24-20)14-7-11-12(30-14)3-2-6-22-11;1-2-8-5-3-7-4-6-8;;/h2-7H,8-9H2,1H3,(H2,23,24,27,28);7H,2-6H2,1H3;2*1H/t20-;;;/m0.../s1. The molecule has 2 aromatic heterocycles. The van der Waals surface area contributed by atoms with E-state index in [1.165, 1.54) is 56.9 Å². The molecule has 3 N–H and O–H groups in total. The lowest BCUT2D eigenvalue weighted by Crippen LogP contribution is -2.52. The first-order chi connectivity index (χ1) is 18.4. The lowest BCUT2D eigenvalue weighted by Gasteiger charge is -2.28. The number of halogens is 1. The summed E-state index contributed by atoms with van der Waals surface area (Å²) in [7, 11) is 1.31. The van der Waals surface area contributed by atoms with Crippen molar-refractivity contribution >= 4 is 28.9 Å². The normalized spacial score (nSPS) is 21.1. The molecule has 2 fully saturated rings. The predicted octanol–water partition coefficient (Wildman–Crippen LogP) is 2.07. The van der Waals surface area contributed by atoms with Crippen LogP contribution in [0.1, 0.15) is 31.5 Å². The molecule has 3 aliphatic heterocycles. The first-order valence-corrected chi connectivity index (χ1v) is 12.4. The highest BCUT2D eigenvalue weighted by Crippen LogP contribution is 2.35. The molecule has 0 saturated carbocycles. The van der Waals surface area contributed by atoms with Crippen molar-refractivity contribution in [2.45, 2.75) is 19.0 Å². The number of piperazine rings is 1. The Morgan fingerprint density at radius 3 is 2.63 bits per heavy atom. The van der Waals surface area contributed by atoms with E-state index in [0.29, 0.717) is 16.7 Å². The number of rotatable bonds is 5. The molecule has 3 aromatic rings. The number of carbonyl (C=O) groups is 3. The molecule has 6 rings (SSSR count). The van der Waals surface area contributed by atoms with Gasteiger partial charge in [0.15, 0.2) is 22.7 Å². The van der Waals surface area contributed by atoms with Gasteiger partial charge in [0.2, 0.25) is 0 Å². The average molecular weight is 529 g/mol. The lowest BCUT2D eigenvalue weighted by molar-refractivity contribution is -0.125. The molecular weight excluding hydrogens is 495 g/mol. The van der Waals surface area contributed by atoms with Crippen molar-refractivity contribution in [1.82, 2.24) is 30.7 Å². The first kappa shape index (κ1) is 25.6. The van der Waals surface area contributed by atoms with Crippen LogP contribution in [0, 0.1) is 5.82 Å². The SMILES string of the molecule is CCN1CCNCC1.COc1ccc2c(c1F)C(=O)N(C[C@@]1(c3cc4ncccc4o3)NC(=O)NC1=O)C2.[HH].[HH]. The van der Waals surface area contributed by atoms with Crippen molar-refractivity contribution in [2.24, 2.45) is 0 Å². The van der Waals surface area contributed by atoms with Gasteiger partial charge in [-0.05, 0) is 30.3 Å². The van der Waals surface area contributed by atoms with Gasteiger partial charge >= 0.3 is 6.03 Å². The van der Waals surface area contributed by atoms with Gasteiger partial charge in [-0.15, -0.1) is 0 Å². The number of pyridine rings is 1. The van der Waals surface area contributed by atoms with E-state index < -0.39 is 29.2 Å². The number of benzene rings is 1. The number of hydrogen-bond acceptors (Lipinski definition) is 8. The fourth-order valence-electron chi connectivity index (χ4n) is 4.93. The highest BCUT2D eigenvalue weighted by Gasteiger charge is 2.53. The Labute approximate surface area is 221 Å². The van der Waals surface area contributed by atoms with Crippen molar-refractivity contribution in [1.29, 1.82) is 0 Å². The molecule has 0 bridgehead atoms. The zero-order valence-corrected chi connectivity index (χ0v) is 21.2. The fourth-order valence-corrected chi connectivity index (χ4v) is 4.93. The minimum Gasteiger partial charge on any atom is -0.494 e. The summed E-state index contributed by atoms with van der Waals surface area (Å²) in [6.07, 6.45) is 1.57. The highest BCUT2D eigenvalue weighted by molar-refractivity contribution is 6.08. The van der Waals surface area contributed by atoms with Gasteiger partial charge in [0, 0.05) is 47.8 Å². The van der Waals surface area contributed by atoms with Gasteiger partial charge in [-0.3, -0.25) is 19.9 Å². The monoisotopic (exact) mass is 528 g/mol. The van der Waals surface area contributed by atoms with E-state index in [1.807, 2.05) is 0 Å². The summed E-state index contributed by atoms with van der Waals surface area (Å²) in [5, 5.41) is 8.07. The number of aromatic nitrogens is 1. The summed E-state index contributed by atoms with van der Waals surface area (Å²) >= 11 is 0. The van der Waals surface area contributed by atoms with Crippen molar-refractivity contribution in [3.63, 3.8) is 0 Å². The number of hydrogen-bond donors (Lipinski definition) is 3. The minimum atomic E-state index is -1.67. The second-order valence-electron chi connectivity index (χ2n) is 9.27. The molecule has 11 nitrogen and oxygen atoms in total. The van der Waals surface area contributed by atoms with Crippen LogP contribution in [0.5, 0.6) is 5.75 Å². The van der Waals surface area contributed by atoms with Gasteiger partial charge in [0.25, 0.3) is 11.8 Å². The molecule has 4 amide bonds. The molecule has 12 heteroatoms. The Kier molecular flexibility index (Phi) is 7.00. The van der Waals surface area contributed by atoms with E-state index >= 15 is 0 Å². The number of ether oxygens (including phenoxy) is 1. The zero-order valence-electron chi connectivity index (χ0n) is 21.2.